The highest BCUT2D eigenvalue weighted by Gasteiger charge is 2.07. The topological polar surface area (TPSA) is 73.8 Å². The normalized spacial score (nSPS) is 12.8. The van der Waals surface area contributed by atoms with E-state index in [2.05, 4.69) is 0 Å². The molecule has 0 aliphatic rings. The molecule has 0 amide bonds. The fourth-order valence-electron chi connectivity index (χ4n) is 0.869. The fourth-order valence-corrected chi connectivity index (χ4v) is 2.91. The minimum atomic E-state index is -0.888. The van der Waals surface area contributed by atoms with Crippen molar-refractivity contribution in [2.24, 2.45) is 5.73 Å². The predicted molar refractivity (Wildman–Crippen MR) is 59.6 cm³/mol. The first-order valence-electron chi connectivity index (χ1n) is 4.07. The van der Waals surface area contributed by atoms with Crippen molar-refractivity contribution in [1.29, 1.82) is 0 Å². The first-order chi connectivity index (χ1) is 6.75. The summed E-state index contributed by atoms with van der Waals surface area (Å²) in [5, 5.41) is 18.8. The largest absolute Gasteiger partial charge is 0.595 e. The van der Waals surface area contributed by atoms with Crippen molar-refractivity contribution in [2.75, 3.05) is 12.3 Å². The van der Waals surface area contributed by atoms with E-state index in [1.165, 1.54) is 10.8 Å². The van der Waals surface area contributed by atoms with Gasteiger partial charge in [-0.05, 0) is 6.07 Å². The maximum Gasteiger partial charge on any atom is 0.178 e. The molecular weight excluding hydrogens is 220 g/mol. The highest BCUT2D eigenvalue weighted by molar-refractivity contribution is 8.76. The molecule has 1 atom stereocenters. The molecule has 1 aromatic carbocycles. The number of nitrogens with two attached hydrogens (primary N) is 1. The summed E-state index contributed by atoms with van der Waals surface area (Å²) < 4.78 is 0. The second-order valence-electron chi connectivity index (χ2n) is 2.50. The summed E-state index contributed by atoms with van der Waals surface area (Å²) >= 11 is 0. The Morgan fingerprint density at radius 2 is 2.14 bits per heavy atom. The van der Waals surface area contributed by atoms with Crippen molar-refractivity contribution in [3.63, 3.8) is 0 Å². The van der Waals surface area contributed by atoms with Gasteiger partial charge < -0.3 is 10.9 Å². The van der Waals surface area contributed by atoms with E-state index in [0.717, 1.165) is 10.6 Å². The Morgan fingerprint density at radius 3 is 2.79 bits per heavy atom. The molecular formula is C8H12N2O2S2. The minimum Gasteiger partial charge on any atom is -0.595 e. The molecule has 4 N–H and O–H groups in total. The maximum atomic E-state index is 10.8. The Balaban J connectivity index is 2.64. The van der Waals surface area contributed by atoms with Crippen LogP contribution in [0.5, 0.6) is 0 Å². The average molecular weight is 232 g/mol. The van der Waals surface area contributed by atoms with E-state index in [9.17, 15) is 5.21 Å². The smallest absolute Gasteiger partial charge is 0.178 e. The van der Waals surface area contributed by atoms with E-state index in [-0.39, 0.29) is 0 Å². The van der Waals surface area contributed by atoms with E-state index >= 15 is 0 Å². The molecule has 6 heteroatoms. The number of hydrogen-bond donors (Lipinski definition) is 3. The lowest BCUT2D eigenvalue weighted by Gasteiger charge is -2.14. The zero-order valence-electron chi connectivity index (χ0n) is 7.47. The molecule has 0 bridgehead atoms. The molecule has 78 valence electrons. The first kappa shape index (κ1) is 11.8. The SMILES string of the molecule is NCCSSc1ccccc1[NH+]([O-])O. The molecule has 0 saturated heterocycles. The van der Waals surface area contributed by atoms with Gasteiger partial charge in [0.1, 0.15) is 0 Å². The highest BCUT2D eigenvalue weighted by Crippen LogP contribution is 2.33. The maximum absolute atomic E-state index is 10.8. The average Bonchev–Trinajstić information content (AvgIpc) is 2.19. The Hall–Kier alpha value is -0.240. The molecule has 0 saturated carbocycles. The van der Waals surface area contributed by atoms with Gasteiger partial charge in [0.2, 0.25) is 0 Å². The van der Waals surface area contributed by atoms with Crippen LogP contribution in [0.15, 0.2) is 29.2 Å². The van der Waals surface area contributed by atoms with Crippen LogP contribution in [0, 0.1) is 5.21 Å². The lowest BCUT2D eigenvalue weighted by atomic mass is 10.3. The number of hydrogen-bond acceptors (Lipinski definition) is 5. The summed E-state index contributed by atoms with van der Waals surface area (Å²) in [6.45, 7) is 0.604. The van der Waals surface area contributed by atoms with Crippen LogP contribution in [0.1, 0.15) is 0 Å². The third kappa shape index (κ3) is 3.49. The van der Waals surface area contributed by atoms with Crippen LogP contribution in [0.2, 0.25) is 0 Å². The molecule has 4 nitrogen and oxygen atoms in total. The molecule has 0 radical (unpaired) electrons. The molecule has 14 heavy (non-hydrogen) atoms. The van der Waals surface area contributed by atoms with Gasteiger partial charge in [-0.3, -0.25) is 0 Å². The van der Waals surface area contributed by atoms with Gasteiger partial charge >= 0.3 is 0 Å². The van der Waals surface area contributed by atoms with Crippen molar-refractivity contribution in [2.45, 2.75) is 4.90 Å². The molecule has 1 unspecified atom stereocenters. The van der Waals surface area contributed by atoms with Gasteiger partial charge in [0.05, 0.1) is 4.90 Å². The van der Waals surface area contributed by atoms with Gasteiger partial charge in [-0.15, -0.1) is 0 Å². The Bertz CT molecular complexity index is 284. The van der Waals surface area contributed by atoms with Crippen LogP contribution in [-0.4, -0.2) is 17.5 Å². The van der Waals surface area contributed by atoms with Crippen molar-refractivity contribution in [1.82, 2.24) is 0 Å². The molecule has 0 aliphatic heterocycles. The van der Waals surface area contributed by atoms with Crippen LogP contribution < -0.4 is 11.0 Å². The van der Waals surface area contributed by atoms with Gasteiger partial charge in [-0.2, -0.15) is 5.23 Å². The summed E-state index contributed by atoms with van der Waals surface area (Å²) in [5.74, 6) is 0.818. The van der Waals surface area contributed by atoms with Crippen molar-refractivity contribution in [3.8, 4) is 0 Å². The fraction of sp³-hybridized carbons (Fsp3) is 0.250. The molecule has 0 aliphatic carbocycles. The minimum absolute atomic E-state index is 0.349. The summed E-state index contributed by atoms with van der Waals surface area (Å²) in [6.07, 6.45) is 0. The third-order valence-corrected chi connectivity index (χ3v) is 3.92. The van der Waals surface area contributed by atoms with Crippen molar-refractivity contribution < 1.29 is 10.4 Å². The number of benzene rings is 1. The van der Waals surface area contributed by atoms with Crippen LogP contribution in [0.4, 0.5) is 5.69 Å². The number of para-hydroxylation sites is 1. The number of nitrogens with one attached hydrogen (secondary N) is 1. The first-order valence-corrected chi connectivity index (χ1v) is 6.39. The number of quaternary nitrogens is 1. The van der Waals surface area contributed by atoms with Crippen LogP contribution in [0.25, 0.3) is 0 Å². The van der Waals surface area contributed by atoms with E-state index in [1.54, 1.807) is 29.0 Å². The molecule has 0 aromatic heterocycles. The summed E-state index contributed by atoms with van der Waals surface area (Å²) in [5.41, 5.74) is 5.69. The summed E-state index contributed by atoms with van der Waals surface area (Å²) in [7, 11) is 3.02. The van der Waals surface area contributed by atoms with Crippen LogP contribution >= 0.6 is 21.6 Å². The second kappa shape index (κ2) is 6.28. The molecule has 1 rings (SSSR count). The highest BCUT2D eigenvalue weighted by atomic mass is 33.1. The zero-order valence-corrected chi connectivity index (χ0v) is 9.11. The lowest BCUT2D eigenvalue weighted by molar-refractivity contribution is -0.992. The van der Waals surface area contributed by atoms with Gasteiger partial charge in [-0.25, -0.2) is 5.21 Å². The summed E-state index contributed by atoms with van der Waals surface area (Å²) in [6, 6.07) is 6.96. The summed E-state index contributed by atoms with van der Waals surface area (Å²) in [4.78, 5) is 0.776. The predicted octanol–water partition coefficient (Wildman–Crippen LogP) is 0.789. The van der Waals surface area contributed by atoms with E-state index in [0.29, 0.717) is 12.2 Å². The van der Waals surface area contributed by atoms with E-state index in [4.69, 9.17) is 10.9 Å². The van der Waals surface area contributed by atoms with Crippen molar-refractivity contribution >= 4 is 27.3 Å². The van der Waals surface area contributed by atoms with Crippen LogP contribution in [0.3, 0.4) is 0 Å². The third-order valence-electron chi connectivity index (χ3n) is 1.47. The molecule has 0 fully saturated rings. The van der Waals surface area contributed by atoms with E-state index < -0.39 is 5.23 Å². The van der Waals surface area contributed by atoms with Gasteiger partial charge in [0.25, 0.3) is 0 Å². The van der Waals surface area contributed by atoms with Gasteiger partial charge in [-0.1, -0.05) is 33.7 Å². The lowest BCUT2D eigenvalue weighted by Crippen LogP contribution is -2.99. The number of rotatable bonds is 5. The van der Waals surface area contributed by atoms with E-state index in [1.807, 2.05) is 6.07 Å². The zero-order chi connectivity index (χ0) is 10.4. The monoisotopic (exact) mass is 232 g/mol. The Labute approximate surface area is 90.4 Å². The molecule has 1 aromatic rings. The molecule has 0 heterocycles. The Morgan fingerprint density at radius 1 is 1.43 bits per heavy atom. The van der Waals surface area contributed by atoms with Crippen molar-refractivity contribution in [3.05, 3.63) is 29.5 Å². The van der Waals surface area contributed by atoms with Gasteiger partial charge in [0.15, 0.2) is 5.69 Å². The second-order valence-corrected chi connectivity index (χ2v) is 4.95. The quantitative estimate of drug-likeness (QED) is 0.397. The molecule has 0 spiro atoms. The van der Waals surface area contributed by atoms with Crippen LogP contribution in [-0.2, 0) is 0 Å². The Kier molecular flexibility index (Phi) is 5.31. The standard InChI is InChI=1S/C8H12N2O2S2/c9-5-6-13-14-8-4-2-1-3-7(8)10(11)12/h1-4,10-11H,5-6,9H2. The van der Waals surface area contributed by atoms with Gasteiger partial charge in [0, 0.05) is 18.4 Å².